The van der Waals surface area contributed by atoms with E-state index in [1.165, 1.54) is 56.1 Å². The van der Waals surface area contributed by atoms with Crippen molar-refractivity contribution in [1.29, 1.82) is 0 Å². The van der Waals surface area contributed by atoms with Gasteiger partial charge in [0.1, 0.15) is 0 Å². The normalized spacial score (nSPS) is 35.6. The number of hydrogen-bond acceptors (Lipinski definition) is 2. The summed E-state index contributed by atoms with van der Waals surface area (Å²) in [5, 5.41) is 0. The van der Waals surface area contributed by atoms with E-state index in [4.69, 9.17) is 4.74 Å². The number of hydrogen-bond donors (Lipinski definition) is 0. The molecular weight excluding hydrogens is 440 g/mol. The Morgan fingerprint density at radius 1 is 1.19 bits per heavy atom. The third-order valence-electron chi connectivity index (χ3n) is 9.83. The quantitative estimate of drug-likeness (QED) is 0.249. The molecule has 3 aliphatic rings. The van der Waals surface area contributed by atoms with E-state index in [0.29, 0.717) is 29.1 Å². The summed E-state index contributed by atoms with van der Waals surface area (Å²) in [7, 11) is 1.77. The summed E-state index contributed by atoms with van der Waals surface area (Å²) in [6.45, 7) is 20.0. The van der Waals surface area contributed by atoms with Crippen molar-refractivity contribution in [1.82, 2.24) is 0 Å². The molecule has 3 fully saturated rings. The fraction of sp³-hybridized carbons (Fsp3) is 0.676. The second kappa shape index (κ2) is 11.8. The van der Waals surface area contributed by atoms with Crippen LogP contribution in [0.5, 0.6) is 0 Å². The van der Waals surface area contributed by atoms with Crippen LogP contribution in [0.2, 0.25) is 0 Å². The topological polar surface area (TPSA) is 26.3 Å². The standard InChI is InChI=1S/C34H52O2/c1-23-21-25(3)27(5)29(22-23)14-13-28-11-10-19-34(8)30(15-16-31(28)34)24(2)12-17-32(36-9)33(6,7)20-18-26(4)35/h12-14,17-18,20,23-25,30-32H,5,10-11,15-16,19,21-22H2,1-4,6-9H3/b17-12+,20-18+,28-13+,29-14-/t23?,24-,25+,30?,31?,32?,34-/m1/s1. The molecule has 0 heterocycles. The van der Waals surface area contributed by atoms with Crippen molar-refractivity contribution in [2.24, 2.45) is 40.4 Å². The highest BCUT2D eigenvalue weighted by molar-refractivity contribution is 5.87. The summed E-state index contributed by atoms with van der Waals surface area (Å²) in [6, 6.07) is 0. The van der Waals surface area contributed by atoms with Crippen LogP contribution in [0, 0.1) is 40.4 Å². The zero-order valence-electron chi connectivity index (χ0n) is 24.4. The minimum absolute atomic E-state index is 0.0534. The molecule has 0 radical (unpaired) electrons. The van der Waals surface area contributed by atoms with Crippen molar-refractivity contribution in [3.05, 3.63) is 59.8 Å². The zero-order chi connectivity index (χ0) is 26.7. The van der Waals surface area contributed by atoms with Crippen LogP contribution in [0.4, 0.5) is 0 Å². The second-order valence-electron chi connectivity index (χ2n) is 13.2. The number of ether oxygens (including phenoxy) is 1. The summed E-state index contributed by atoms with van der Waals surface area (Å²) >= 11 is 0. The predicted molar refractivity (Wildman–Crippen MR) is 154 cm³/mol. The van der Waals surface area contributed by atoms with E-state index >= 15 is 0 Å². The number of rotatable bonds is 8. The molecule has 0 N–H and O–H groups in total. The van der Waals surface area contributed by atoms with Crippen molar-refractivity contribution < 1.29 is 9.53 Å². The molecular formula is C34H52O2. The second-order valence-corrected chi connectivity index (χ2v) is 13.2. The Bertz CT molecular complexity index is 929. The first-order valence-electron chi connectivity index (χ1n) is 14.4. The molecule has 2 heteroatoms. The van der Waals surface area contributed by atoms with Crippen LogP contribution in [-0.4, -0.2) is 19.0 Å². The van der Waals surface area contributed by atoms with E-state index in [9.17, 15) is 4.79 Å². The van der Waals surface area contributed by atoms with Crippen LogP contribution in [0.3, 0.4) is 0 Å². The van der Waals surface area contributed by atoms with Gasteiger partial charge in [-0.05, 0) is 104 Å². The minimum Gasteiger partial charge on any atom is -0.377 e. The molecule has 200 valence electrons. The van der Waals surface area contributed by atoms with E-state index in [1.807, 2.05) is 6.08 Å². The Balaban J connectivity index is 1.75. The Labute approximate surface area is 222 Å². The smallest absolute Gasteiger partial charge is 0.152 e. The Kier molecular flexibility index (Phi) is 9.47. The van der Waals surface area contributed by atoms with Gasteiger partial charge in [-0.1, -0.05) is 84.1 Å². The van der Waals surface area contributed by atoms with Crippen LogP contribution in [0.15, 0.2) is 59.8 Å². The van der Waals surface area contributed by atoms with Crippen molar-refractivity contribution in [3.63, 3.8) is 0 Å². The number of fused-ring (bicyclic) bond motifs is 1. The molecule has 0 amide bonds. The molecule has 0 aromatic rings. The fourth-order valence-electron chi connectivity index (χ4n) is 7.65. The van der Waals surface area contributed by atoms with Gasteiger partial charge in [0.25, 0.3) is 0 Å². The lowest BCUT2D eigenvalue weighted by Gasteiger charge is -2.44. The molecule has 7 atom stereocenters. The van der Waals surface area contributed by atoms with Gasteiger partial charge in [0.05, 0.1) is 6.10 Å². The number of methoxy groups -OCH3 is 1. The first kappa shape index (κ1) is 28.9. The average molecular weight is 493 g/mol. The van der Waals surface area contributed by atoms with Crippen molar-refractivity contribution in [3.8, 4) is 0 Å². The van der Waals surface area contributed by atoms with E-state index in [1.54, 1.807) is 25.7 Å². The summed E-state index contributed by atoms with van der Waals surface area (Å²) in [6.07, 6.45) is 22.1. The third kappa shape index (κ3) is 6.42. The van der Waals surface area contributed by atoms with Crippen LogP contribution in [-0.2, 0) is 9.53 Å². The van der Waals surface area contributed by atoms with Crippen LogP contribution in [0.25, 0.3) is 0 Å². The highest BCUT2D eigenvalue weighted by atomic mass is 16.5. The fourth-order valence-corrected chi connectivity index (χ4v) is 7.65. The molecule has 0 aromatic carbocycles. The van der Waals surface area contributed by atoms with Gasteiger partial charge in [0, 0.05) is 12.5 Å². The van der Waals surface area contributed by atoms with Crippen molar-refractivity contribution in [2.45, 2.75) is 99.5 Å². The molecule has 0 aliphatic heterocycles. The lowest BCUT2D eigenvalue weighted by molar-refractivity contribution is -0.112. The lowest BCUT2D eigenvalue weighted by Crippen LogP contribution is -2.35. The van der Waals surface area contributed by atoms with Gasteiger partial charge in [-0.2, -0.15) is 0 Å². The largest absolute Gasteiger partial charge is 0.377 e. The maximum absolute atomic E-state index is 11.5. The summed E-state index contributed by atoms with van der Waals surface area (Å²) in [5.41, 5.74) is 4.66. The first-order chi connectivity index (χ1) is 16.9. The lowest BCUT2D eigenvalue weighted by atomic mass is 9.61. The molecule has 0 bridgehead atoms. The maximum Gasteiger partial charge on any atom is 0.152 e. The number of carbonyl (C=O) groups excluding carboxylic acids is 1. The summed E-state index contributed by atoms with van der Waals surface area (Å²) in [5.74, 6) is 3.33. The van der Waals surface area contributed by atoms with Gasteiger partial charge >= 0.3 is 0 Å². The molecule has 2 nitrogen and oxygen atoms in total. The van der Waals surface area contributed by atoms with Gasteiger partial charge in [-0.3, -0.25) is 4.79 Å². The molecule has 36 heavy (non-hydrogen) atoms. The molecule has 0 spiro atoms. The Morgan fingerprint density at radius 3 is 2.58 bits per heavy atom. The van der Waals surface area contributed by atoms with E-state index in [-0.39, 0.29) is 17.3 Å². The molecule has 4 unspecified atom stereocenters. The summed E-state index contributed by atoms with van der Waals surface area (Å²) in [4.78, 5) is 11.5. The monoisotopic (exact) mass is 492 g/mol. The highest BCUT2D eigenvalue weighted by Crippen LogP contribution is 2.59. The zero-order valence-corrected chi connectivity index (χ0v) is 24.4. The minimum atomic E-state index is -0.231. The van der Waals surface area contributed by atoms with Crippen molar-refractivity contribution in [2.75, 3.05) is 7.11 Å². The van der Waals surface area contributed by atoms with Gasteiger partial charge in [0.15, 0.2) is 5.78 Å². The number of allylic oxidation sites excluding steroid dienone is 7. The van der Waals surface area contributed by atoms with Gasteiger partial charge in [0.2, 0.25) is 0 Å². The average Bonchev–Trinajstić information content (AvgIpc) is 3.17. The molecule has 3 aliphatic carbocycles. The molecule has 0 aromatic heterocycles. The predicted octanol–water partition coefficient (Wildman–Crippen LogP) is 9.06. The van der Waals surface area contributed by atoms with E-state index in [0.717, 1.165) is 5.92 Å². The SMILES string of the molecule is C=C1/C(=C\C=C2/CCC[C@@]3(C)C2CCC3[C@H](C)/C=C/C(OC)C(C)(C)/C=C/C(C)=O)CC(C)C[C@@H]1C. The van der Waals surface area contributed by atoms with Crippen molar-refractivity contribution >= 4 is 5.78 Å². The maximum atomic E-state index is 11.5. The Hall–Kier alpha value is -1.67. The molecule has 3 rings (SSSR count). The number of carbonyl (C=O) groups is 1. The number of ketones is 1. The van der Waals surface area contributed by atoms with Crippen LogP contribution < -0.4 is 0 Å². The first-order valence-corrected chi connectivity index (χ1v) is 14.4. The van der Waals surface area contributed by atoms with Crippen LogP contribution in [0.1, 0.15) is 93.4 Å². The van der Waals surface area contributed by atoms with E-state index in [2.05, 4.69) is 72.4 Å². The molecule has 3 saturated carbocycles. The molecule has 0 saturated heterocycles. The highest BCUT2D eigenvalue weighted by Gasteiger charge is 2.50. The van der Waals surface area contributed by atoms with Crippen LogP contribution >= 0.6 is 0 Å². The van der Waals surface area contributed by atoms with Gasteiger partial charge in [-0.15, -0.1) is 0 Å². The Morgan fingerprint density at radius 2 is 1.92 bits per heavy atom. The third-order valence-corrected chi connectivity index (χ3v) is 9.83. The van der Waals surface area contributed by atoms with Gasteiger partial charge in [-0.25, -0.2) is 0 Å². The summed E-state index contributed by atoms with van der Waals surface area (Å²) < 4.78 is 5.85. The van der Waals surface area contributed by atoms with Gasteiger partial charge < -0.3 is 4.74 Å². The van der Waals surface area contributed by atoms with E-state index < -0.39 is 0 Å².